The van der Waals surface area contributed by atoms with Gasteiger partial charge < -0.3 is 15.4 Å². The van der Waals surface area contributed by atoms with Crippen molar-refractivity contribution >= 4 is 11.7 Å². The molecule has 2 aromatic rings. The van der Waals surface area contributed by atoms with E-state index in [0.717, 1.165) is 11.4 Å². The number of para-hydroxylation sites is 2. The Morgan fingerprint density at radius 1 is 1.18 bits per heavy atom. The average molecular weight is 299 g/mol. The minimum Gasteiger partial charge on any atom is -0.489 e. The van der Waals surface area contributed by atoms with Crippen molar-refractivity contribution in [1.29, 1.82) is 0 Å². The van der Waals surface area contributed by atoms with Gasteiger partial charge in [-0.25, -0.2) is 4.79 Å². The molecule has 1 aromatic heterocycles. The number of nitrogens with zero attached hydrogens (tertiary/aromatic N) is 1. The molecule has 0 unspecified atom stereocenters. The maximum absolute atomic E-state index is 12.0. The number of hydrogen-bond donors (Lipinski definition) is 2. The first kappa shape index (κ1) is 15.8. The first-order valence-electron chi connectivity index (χ1n) is 7.27. The van der Waals surface area contributed by atoms with Crippen LogP contribution in [0.25, 0.3) is 0 Å². The molecule has 0 saturated heterocycles. The average Bonchev–Trinajstić information content (AvgIpc) is 2.47. The summed E-state index contributed by atoms with van der Waals surface area (Å²) in [5, 5.41) is 5.59. The Morgan fingerprint density at radius 2 is 1.95 bits per heavy atom. The lowest BCUT2D eigenvalue weighted by molar-refractivity contribution is 0.241. The summed E-state index contributed by atoms with van der Waals surface area (Å²) in [6.45, 7) is 6.18. The second-order valence-electron chi connectivity index (χ2n) is 5.24. The van der Waals surface area contributed by atoms with Gasteiger partial charge in [0.05, 0.1) is 24.0 Å². The molecule has 5 heteroatoms. The van der Waals surface area contributed by atoms with Crippen molar-refractivity contribution in [2.24, 2.45) is 0 Å². The molecule has 2 rings (SSSR count). The number of carbonyl (C=O) groups excluding carboxylic acids is 1. The zero-order chi connectivity index (χ0) is 15.9. The van der Waals surface area contributed by atoms with Gasteiger partial charge in [0.15, 0.2) is 0 Å². The van der Waals surface area contributed by atoms with Crippen LogP contribution in [0.15, 0.2) is 42.5 Å². The molecule has 0 bridgehead atoms. The number of amides is 2. The number of aromatic nitrogens is 1. The Labute approximate surface area is 130 Å². The predicted molar refractivity (Wildman–Crippen MR) is 87.0 cm³/mol. The third-order valence-corrected chi connectivity index (χ3v) is 2.87. The van der Waals surface area contributed by atoms with E-state index in [1.165, 1.54) is 0 Å². The largest absolute Gasteiger partial charge is 0.489 e. The van der Waals surface area contributed by atoms with Crippen molar-refractivity contribution in [2.75, 3.05) is 5.32 Å². The molecule has 1 heterocycles. The van der Waals surface area contributed by atoms with Gasteiger partial charge in [-0.15, -0.1) is 0 Å². The molecule has 2 N–H and O–H groups in total. The number of urea groups is 1. The van der Waals surface area contributed by atoms with E-state index in [-0.39, 0.29) is 12.1 Å². The van der Waals surface area contributed by atoms with Crippen molar-refractivity contribution in [2.45, 2.75) is 33.4 Å². The van der Waals surface area contributed by atoms with E-state index in [4.69, 9.17) is 4.74 Å². The Morgan fingerprint density at radius 3 is 2.68 bits per heavy atom. The van der Waals surface area contributed by atoms with Crippen LogP contribution in [0.1, 0.15) is 25.2 Å². The highest BCUT2D eigenvalue weighted by Gasteiger charge is 2.08. The van der Waals surface area contributed by atoms with E-state index in [1.807, 2.05) is 63.2 Å². The lowest BCUT2D eigenvalue weighted by Crippen LogP contribution is -2.28. The summed E-state index contributed by atoms with van der Waals surface area (Å²) in [5.74, 6) is 0.654. The minimum absolute atomic E-state index is 0.0440. The van der Waals surface area contributed by atoms with Gasteiger partial charge >= 0.3 is 6.03 Å². The summed E-state index contributed by atoms with van der Waals surface area (Å²) in [7, 11) is 0. The van der Waals surface area contributed by atoms with Gasteiger partial charge in [-0.05, 0) is 45.0 Å². The quantitative estimate of drug-likeness (QED) is 0.888. The smallest absolute Gasteiger partial charge is 0.319 e. The van der Waals surface area contributed by atoms with E-state index < -0.39 is 0 Å². The van der Waals surface area contributed by atoms with Crippen LogP contribution in [0.3, 0.4) is 0 Å². The summed E-state index contributed by atoms with van der Waals surface area (Å²) >= 11 is 0. The van der Waals surface area contributed by atoms with Crippen LogP contribution < -0.4 is 15.4 Å². The molecular formula is C17H21N3O2. The topological polar surface area (TPSA) is 63.2 Å². The second kappa shape index (κ2) is 7.45. The normalized spacial score (nSPS) is 10.4. The molecular weight excluding hydrogens is 278 g/mol. The van der Waals surface area contributed by atoms with Gasteiger partial charge in [-0.1, -0.05) is 18.2 Å². The van der Waals surface area contributed by atoms with Crippen LogP contribution in [-0.4, -0.2) is 17.1 Å². The van der Waals surface area contributed by atoms with Crippen LogP contribution in [-0.2, 0) is 6.54 Å². The molecule has 0 radical (unpaired) electrons. The Bertz CT molecular complexity index is 641. The van der Waals surface area contributed by atoms with E-state index in [9.17, 15) is 4.79 Å². The molecule has 5 nitrogen and oxygen atoms in total. The number of pyridine rings is 1. The maximum atomic E-state index is 12.0. The molecule has 116 valence electrons. The molecule has 1 aromatic carbocycles. The molecule has 22 heavy (non-hydrogen) atoms. The van der Waals surface area contributed by atoms with Gasteiger partial charge in [0.1, 0.15) is 5.75 Å². The molecule has 0 spiro atoms. The van der Waals surface area contributed by atoms with E-state index >= 15 is 0 Å². The third kappa shape index (κ3) is 4.77. The molecule has 0 fully saturated rings. The monoisotopic (exact) mass is 299 g/mol. The highest BCUT2D eigenvalue weighted by atomic mass is 16.5. The van der Waals surface area contributed by atoms with Crippen LogP contribution in [0, 0.1) is 6.92 Å². The maximum Gasteiger partial charge on any atom is 0.319 e. The number of ether oxygens (including phenoxy) is 1. The summed E-state index contributed by atoms with van der Waals surface area (Å²) in [5.41, 5.74) is 2.39. The van der Waals surface area contributed by atoms with Crippen molar-refractivity contribution in [3.63, 3.8) is 0 Å². The van der Waals surface area contributed by atoms with Crippen LogP contribution in [0.2, 0.25) is 0 Å². The zero-order valence-corrected chi connectivity index (χ0v) is 13.1. The second-order valence-corrected chi connectivity index (χ2v) is 5.24. The number of rotatable bonds is 5. The molecule has 0 saturated carbocycles. The van der Waals surface area contributed by atoms with Gasteiger partial charge in [-0.2, -0.15) is 0 Å². The van der Waals surface area contributed by atoms with Gasteiger partial charge in [-0.3, -0.25) is 4.98 Å². The number of carbonyl (C=O) groups is 1. The number of anilines is 1. The van der Waals surface area contributed by atoms with E-state index in [0.29, 0.717) is 18.0 Å². The van der Waals surface area contributed by atoms with Crippen molar-refractivity contribution in [1.82, 2.24) is 10.3 Å². The van der Waals surface area contributed by atoms with E-state index in [2.05, 4.69) is 15.6 Å². The summed E-state index contributed by atoms with van der Waals surface area (Å²) in [6.07, 6.45) is 0.0440. The minimum atomic E-state index is -0.289. The van der Waals surface area contributed by atoms with Crippen molar-refractivity contribution in [3.05, 3.63) is 53.9 Å². The molecule has 0 atom stereocenters. The predicted octanol–water partition coefficient (Wildman–Crippen LogP) is 3.50. The molecule has 0 aliphatic carbocycles. The summed E-state index contributed by atoms with van der Waals surface area (Å²) in [4.78, 5) is 16.3. The molecule has 0 aliphatic heterocycles. The van der Waals surface area contributed by atoms with E-state index in [1.54, 1.807) is 0 Å². The zero-order valence-electron chi connectivity index (χ0n) is 13.1. The number of benzene rings is 1. The molecule has 2 amide bonds. The lowest BCUT2D eigenvalue weighted by atomic mass is 10.3. The highest BCUT2D eigenvalue weighted by Crippen LogP contribution is 2.24. The van der Waals surface area contributed by atoms with Crippen LogP contribution in [0.4, 0.5) is 10.5 Å². The summed E-state index contributed by atoms with van der Waals surface area (Å²) < 4.78 is 5.67. The fourth-order valence-corrected chi connectivity index (χ4v) is 1.96. The fraction of sp³-hybridized carbons (Fsp3) is 0.294. The standard InChI is InChI=1S/C17H21N3O2/c1-12(2)22-16-10-5-4-9-15(16)20-17(21)18-11-14-8-6-7-13(3)19-14/h4-10,12H,11H2,1-3H3,(H2,18,20,21). The Balaban J connectivity index is 1.95. The van der Waals surface area contributed by atoms with Gasteiger partial charge in [0.2, 0.25) is 0 Å². The van der Waals surface area contributed by atoms with Gasteiger partial charge in [0.25, 0.3) is 0 Å². The number of hydrogen-bond acceptors (Lipinski definition) is 3. The fourth-order valence-electron chi connectivity index (χ4n) is 1.96. The Hall–Kier alpha value is -2.56. The van der Waals surface area contributed by atoms with Crippen molar-refractivity contribution < 1.29 is 9.53 Å². The first-order chi connectivity index (χ1) is 10.5. The molecule has 0 aliphatic rings. The van der Waals surface area contributed by atoms with Crippen LogP contribution >= 0.6 is 0 Å². The Kier molecular flexibility index (Phi) is 5.36. The SMILES string of the molecule is Cc1cccc(CNC(=O)Nc2ccccc2OC(C)C)n1. The van der Waals surface area contributed by atoms with Gasteiger partial charge in [0, 0.05) is 5.69 Å². The first-order valence-corrected chi connectivity index (χ1v) is 7.27. The number of aryl methyl sites for hydroxylation is 1. The number of nitrogens with one attached hydrogen (secondary N) is 2. The van der Waals surface area contributed by atoms with Crippen molar-refractivity contribution in [3.8, 4) is 5.75 Å². The summed E-state index contributed by atoms with van der Waals surface area (Å²) in [6, 6.07) is 12.8. The highest BCUT2D eigenvalue weighted by molar-refractivity contribution is 5.90. The third-order valence-electron chi connectivity index (χ3n) is 2.87. The lowest BCUT2D eigenvalue weighted by Gasteiger charge is -2.15. The van der Waals surface area contributed by atoms with Crippen LogP contribution in [0.5, 0.6) is 5.75 Å².